The van der Waals surface area contributed by atoms with E-state index in [1.807, 2.05) is 52.0 Å². The van der Waals surface area contributed by atoms with E-state index in [9.17, 15) is 4.79 Å². The molecule has 0 aromatic heterocycles. The lowest BCUT2D eigenvalue weighted by atomic mass is 9.64. The summed E-state index contributed by atoms with van der Waals surface area (Å²) in [5.41, 5.74) is 1.25. The van der Waals surface area contributed by atoms with Crippen molar-refractivity contribution in [2.75, 3.05) is 0 Å². The average molecular weight is 262 g/mol. The van der Waals surface area contributed by atoms with Crippen LogP contribution < -0.4 is 0 Å². The number of carbonyl (C=O) groups excluding carboxylic acids is 1. The molecule has 0 N–H and O–H groups in total. The first-order chi connectivity index (χ1) is 8.83. The molecule has 0 unspecified atom stereocenters. The summed E-state index contributed by atoms with van der Waals surface area (Å²) >= 11 is 0. The van der Waals surface area contributed by atoms with Crippen LogP contribution in [-0.4, -0.2) is 11.6 Å². The molecule has 3 heteroatoms. The number of benzene rings is 1. The maximum absolute atomic E-state index is 12.3. The van der Waals surface area contributed by atoms with E-state index >= 15 is 0 Å². The third kappa shape index (κ3) is 2.98. The van der Waals surface area contributed by atoms with Crippen molar-refractivity contribution in [2.45, 2.75) is 58.0 Å². The minimum absolute atomic E-state index is 0.266. The summed E-state index contributed by atoms with van der Waals surface area (Å²) in [6.45, 7) is 7.62. The first kappa shape index (κ1) is 14.1. The SMILES string of the molecule is Cc1ccc(C2(C(=O)OOC(C)(C)C)CCC2)cc1. The first-order valence-corrected chi connectivity index (χ1v) is 6.81. The lowest BCUT2D eigenvalue weighted by Gasteiger charge is -2.39. The number of carbonyl (C=O) groups is 1. The number of hydrogen-bond acceptors (Lipinski definition) is 3. The smallest absolute Gasteiger partial charge is 0.297 e. The molecule has 0 amide bonds. The van der Waals surface area contributed by atoms with Crippen molar-refractivity contribution >= 4 is 5.97 Å². The highest BCUT2D eigenvalue weighted by Crippen LogP contribution is 2.45. The zero-order chi connectivity index (χ0) is 14.1. The molecule has 1 aromatic carbocycles. The molecule has 104 valence electrons. The Kier molecular flexibility index (Phi) is 3.68. The van der Waals surface area contributed by atoms with Gasteiger partial charge in [-0.15, -0.1) is 0 Å². The molecule has 0 saturated heterocycles. The number of rotatable bonds is 3. The minimum Gasteiger partial charge on any atom is -0.297 e. The van der Waals surface area contributed by atoms with Crippen molar-refractivity contribution in [1.82, 2.24) is 0 Å². The van der Waals surface area contributed by atoms with Gasteiger partial charge in [0.1, 0.15) is 5.60 Å². The summed E-state index contributed by atoms with van der Waals surface area (Å²) in [6.07, 6.45) is 2.73. The van der Waals surface area contributed by atoms with Crippen molar-refractivity contribution < 1.29 is 14.6 Å². The van der Waals surface area contributed by atoms with Gasteiger partial charge < -0.3 is 0 Å². The van der Waals surface area contributed by atoms with Crippen LogP contribution in [0, 0.1) is 6.92 Å². The standard InChI is InChI=1S/C16H22O3/c1-12-6-8-13(9-7-12)16(10-5-11-16)14(17)18-19-15(2,3)4/h6-9H,5,10-11H2,1-4H3. The Hall–Kier alpha value is -1.35. The van der Waals surface area contributed by atoms with E-state index in [0.29, 0.717) is 0 Å². The second kappa shape index (κ2) is 4.97. The summed E-state index contributed by atoms with van der Waals surface area (Å²) < 4.78 is 0. The maximum Gasteiger partial charge on any atom is 0.352 e. The lowest BCUT2D eigenvalue weighted by Crippen LogP contribution is -2.44. The second-order valence-electron chi connectivity index (χ2n) is 6.37. The van der Waals surface area contributed by atoms with Crippen molar-refractivity contribution in [2.24, 2.45) is 0 Å². The van der Waals surface area contributed by atoms with E-state index in [0.717, 1.165) is 24.8 Å². The van der Waals surface area contributed by atoms with E-state index < -0.39 is 11.0 Å². The number of aryl methyl sites for hydroxylation is 1. The van der Waals surface area contributed by atoms with Crippen molar-refractivity contribution in [3.05, 3.63) is 35.4 Å². The van der Waals surface area contributed by atoms with Crippen LogP contribution in [0.1, 0.15) is 51.2 Å². The Morgan fingerprint density at radius 2 is 1.74 bits per heavy atom. The minimum atomic E-state index is -0.501. The molecule has 0 spiro atoms. The molecule has 0 bridgehead atoms. The van der Waals surface area contributed by atoms with E-state index in [4.69, 9.17) is 9.78 Å². The molecule has 0 atom stereocenters. The third-order valence-corrected chi connectivity index (χ3v) is 3.57. The quantitative estimate of drug-likeness (QED) is 0.615. The third-order valence-electron chi connectivity index (χ3n) is 3.57. The normalized spacial score (nSPS) is 17.7. The highest BCUT2D eigenvalue weighted by molar-refractivity contribution is 5.84. The summed E-state index contributed by atoms with van der Waals surface area (Å²) in [5, 5.41) is 0. The second-order valence-corrected chi connectivity index (χ2v) is 6.37. The van der Waals surface area contributed by atoms with Gasteiger partial charge in [-0.1, -0.05) is 36.2 Å². The Morgan fingerprint density at radius 3 is 2.16 bits per heavy atom. The van der Waals surface area contributed by atoms with Crippen molar-refractivity contribution in [1.29, 1.82) is 0 Å². The molecule has 3 nitrogen and oxygen atoms in total. The zero-order valence-corrected chi connectivity index (χ0v) is 12.2. The van der Waals surface area contributed by atoms with Gasteiger partial charge in [-0.25, -0.2) is 4.79 Å². The predicted octanol–water partition coefficient (Wildman–Crippen LogP) is 3.69. The van der Waals surface area contributed by atoms with Gasteiger partial charge in [-0.2, -0.15) is 4.89 Å². The van der Waals surface area contributed by atoms with Crippen LogP contribution in [0.5, 0.6) is 0 Å². The summed E-state index contributed by atoms with van der Waals surface area (Å²) in [5.74, 6) is -0.266. The van der Waals surface area contributed by atoms with Crippen LogP contribution in [-0.2, 0) is 20.0 Å². The Balaban J connectivity index is 2.14. The Morgan fingerprint density at radius 1 is 1.16 bits per heavy atom. The predicted molar refractivity (Wildman–Crippen MR) is 73.6 cm³/mol. The largest absolute Gasteiger partial charge is 0.352 e. The average Bonchev–Trinajstić information content (AvgIpc) is 2.26. The molecule has 0 aliphatic heterocycles. The first-order valence-electron chi connectivity index (χ1n) is 6.81. The molecule has 1 saturated carbocycles. The molecule has 1 aliphatic rings. The van der Waals surface area contributed by atoms with E-state index in [-0.39, 0.29) is 5.97 Å². The molecule has 0 radical (unpaired) electrons. The van der Waals surface area contributed by atoms with E-state index in [1.54, 1.807) is 0 Å². The Labute approximate surface area is 114 Å². The maximum atomic E-state index is 12.3. The van der Waals surface area contributed by atoms with Crippen LogP contribution in [0.15, 0.2) is 24.3 Å². The van der Waals surface area contributed by atoms with Gasteiger partial charge in [0.25, 0.3) is 0 Å². The fraction of sp³-hybridized carbons (Fsp3) is 0.562. The summed E-state index contributed by atoms with van der Waals surface area (Å²) in [4.78, 5) is 22.6. The summed E-state index contributed by atoms with van der Waals surface area (Å²) in [6, 6.07) is 8.11. The molecular weight excluding hydrogens is 240 g/mol. The van der Waals surface area contributed by atoms with Gasteiger partial charge in [0.2, 0.25) is 0 Å². The Bertz CT molecular complexity index is 450. The number of hydrogen-bond donors (Lipinski definition) is 0. The molecule has 1 aromatic rings. The molecule has 1 fully saturated rings. The zero-order valence-electron chi connectivity index (χ0n) is 12.2. The van der Waals surface area contributed by atoms with Gasteiger partial charge in [0.05, 0.1) is 5.41 Å². The fourth-order valence-electron chi connectivity index (χ4n) is 2.26. The van der Waals surface area contributed by atoms with Gasteiger partial charge in [-0.3, -0.25) is 4.89 Å². The van der Waals surface area contributed by atoms with Crippen molar-refractivity contribution in [3.8, 4) is 0 Å². The van der Waals surface area contributed by atoms with E-state index in [2.05, 4.69) is 0 Å². The van der Waals surface area contributed by atoms with Gasteiger partial charge in [-0.05, 0) is 46.1 Å². The lowest BCUT2D eigenvalue weighted by molar-refractivity contribution is -0.325. The van der Waals surface area contributed by atoms with Crippen LogP contribution >= 0.6 is 0 Å². The summed E-state index contributed by atoms with van der Waals surface area (Å²) in [7, 11) is 0. The molecule has 0 heterocycles. The van der Waals surface area contributed by atoms with Gasteiger partial charge in [0, 0.05) is 0 Å². The van der Waals surface area contributed by atoms with Gasteiger partial charge in [0.15, 0.2) is 0 Å². The van der Waals surface area contributed by atoms with Crippen LogP contribution in [0.3, 0.4) is 0 Å². The monoisotopic (exact) mass is 262 g/mol. The molecular formula is C16H22O3. The topological polar surface area (TPSA) is 35.5 Å². The van der Waals surface area contributed by atoms with Gasteiger partial charge >= 0.3 is 5.97 Å². The molecule has 1 aliphatic carbocycles. The highest BCUT2D eigenvalue weighted by Gasteiger charge is 2.48. The molecule has 2 rings (SSSR count). The van der Waals surface area contributed by atoms with Crippen LogP contribution in [0.4, 0.5) is 0 Å². The highest BCUT2D eigenvalue weighted by atomic mass is 17.2. The van der Waals surface area contributed by atoms with Crippen LogP contribution in [0.2, 0.25) is 0 Å². The van der Waals surface area contributed by atoms with Crippen LogP contribution in [0.25, 0.3) is 0 Å². The van der Waals surface area contributed by atoms with Crippen molar-refractivity contribution in [3.63, 3.8) is 0 Å². The van der Waals surface area contributed by atoms with E-state index in [1.165, 1.54) is 5.56 Å². The molecule has 19 heavy (non-hydrogen) atoms. The fourth-order valence-corrected chi connectivity index (χ4v) is 2.26.